The summed E-state index contributed by atoms with van der Waals surface area (Å²) in [6.07, 6.45) is 1.51. The van der Waals surface area contributed by atoms with E-state index < -0.39 is 10.0 Å². The Morgan fingerprint density at radius 2 is 1.91 bits per heavy atom. The molecule has 9 heteroatoms. The monoisotopic (exact) mass is 458 g/mol. The van der Waals surface area contributed by atoms with Gasteiger partial charge in [-0.25, -0.2) is 17.7 Å². The summed E-state index contributed by atoms with van der Waals surface area (Å²) in [5.74, 6) is 1.54. The van der Waals surface area contributed by atoms with Crippen molar-refractivity contribution in [3.05, 3.63) is 54.4 Å². The minimum absolute atomic E-state index is 0.0460. The van der Waals surface area contributed by atoms with Crippen LogP contribution in [-0.2, 0) is 27.8 Å². The minimum Gasteiger partial charge on any atom is -0.494 e. The third-order valence-electron chi connectivity index (χ3n) is 5.12. The molecule has 1 amide bonds. The highest BCUT2D eigenvalue weighted by Crippen LogP contribution is 2.22. The number of carbonyl (C=O) groups is 1. The van der Waals surface area contributed by atoms with Crippen molar-refractivity contribution >= 4 is 27.0 Å². The number of rotatable bonds is 11. The first-order chi connectivity index (χ1) is 15.3. The molecule has 172 valence electrons. The van der Waals surface area contributed by atoms with Crippen molar-refractivity contribution in [2.24, 2.45) is 0 Å². The first kappa shape index (κ1) is 23.7. The van der Waals surface area contributed by atoms with Crippen LogP contribution in [0.1, 0.15) is 25.6 Å². The number of imidazole rings is 1. The fraction of sp³-hybridized carbons (Fsp3) is 0.391. The Kier molecular flexibility index (Phi) is 7.87. The molecule has 1 aromatic heterocycles. The zero-order chi connectivity index (χ0) is 23.1. The lowest BCUT2D eigenvalue weighted by atomic mass is 10.2. The van der Waals surface area contributed by atoms with E-state index in [4.69, 9.17) is 4.74 Å². The average molecular weight is 459 g/mol. The Bertz CT molecular complexity index is 1160. The van der Waals surface area contributed by atoms with Gasteiger partial charge in [0.2, 0.25) is 15.9 Å². The molecule has 0 spiro atoms. The van der Waals surface area contributed by atoms with Crippen molar-refractivity contribution in [2.75, 3.05) is 27.2 Å². The molecule has 0 fully saturated rings. The van der Waals surface area contributed by atoms with Crippen molar-refractivity contribution < 1.29 is 17.9 Å². The Morgan fingerprint density at radius 3 is 2.59 bits per heavy atom. The van der Waals surface area contributed by atoms with E-state index in [-0.39, 0.29) is 10.8 Å². The Hall–Kier alpha value is -2.91. The Morgan fingerprint density at radius 1 is 1.16 bits per heavy atom. The number of aryl methyl sites for hydroxylation is 2. The lowest BCUT2D eigenvalue weighted by molar-refractivity contribution is -0.121. The van der Waals surface area contributed by atoms with Gasteiger partial charge in [0.1, 0.15) is 11.6 Å². The fourth-order valence-electron chi connectivity index (χ4n) is 3.39. The molecule has 1 heterocycles. The van der Waals surface area contributed by atoms with Crippen molar-refractivity contribution in [3.8, 4) is 5.75 Å². The smallest absolute Gasteiger partial charge is 0.242 e. The summed E-state index contributed by atoms with van der Waals surface area (Å²) < 4.78 is 33.6. The molecular weight excluding hydrogens is 428 g/mol. The molecule has 3 aromatic rings. The summed E-state index contributed by atoms with van der Waals surface area (Å²) in [5, 5.41) is 2.91. The number of benzene rings is 2. The topological polar surface area (TPSA) is 93.5 Å². The molecule has 1 N–H and O–H groups in total. The minimum atomic E-state index is -3.53. The van der Waals surface area contributed by atoms with Gasteiger partial charge in [0, 0.05) is 40.0 Å². The second-order valence-electron chi connectivity index (χ2n) is 7.58. The van der Waals surface area contributed by atoms with Crippen molar-refractivity contribution in [1.82, 2.24) is 19.2 Å². The van der Waals surface area contributed by atoms with Gasteiger partial charge in [-0.05, 0) is 43.7 Å². The second-order valence-corrected chi connectivity index (χ2v) is 9.73. The van der Waals surface area contributed by atoms with Gasteiger partial charge < -0.3 is 14.6 Å². The molecule has 0 aliphatic carbocycles. The Balaban J connectivity index is 1.55. The van der Waals surface area contributed by atoms with Gasteiger partial charge in [-0.15, -0.1) is 0 Å². The molecule has 0 unspecified atom stereocenters. The maximum atomic E-state index is 12.4. The number of sulfonamides is 1. The SMILES string of the molecule is CCn1c(CCC(=O)NCCCOc2ccccc2)nc2cc(S(=O)(=O)N(C)C)ccc21. The van der Waals surface area contributed by atoms with Crippen LogP contribution in [-0.4, -0.2) is 55.4 Å². The number of aromatic nitrogens is 2. The molecular formula is C23H30N4O4S. The summed E-state index contributed by atoms with van der Waals surface area (Å²) in [7, 11) is -0.524. The van der Waals surface area contributed by atoms with Crippen LogP contribution in [0.15, 0.2) is 53.4 Å². The molecule has 2 aromatic carbocycles. The van der Waals surface area contributed by atoms with Gasteiger partial charge in [0.05, 0.1) is 22.5 Å². The average Bonchev–Trinajstić information content (AvgIpc) is 3.14. The third kappa shape index (κ3) is 5.66. The number of carbonyl (C=O) groups excluding carboxylic acids is 1. The van der Waals surface area contributed by atoms with Gasteiger partial charge in [0.25, 0.3) is 0 Å². The number of ether oxygens (including phenoxy) is 1. The zero-order valence-corrected chi connectivity index (χ0v) is 19.6. The van der Waals surface area contributed by atoms with E-state index >= 15 is 0 Å². The third-order valence-corrected chi connectivity index (χ3v) is 6.94. The lowest BCUT2D eigenvalue weighted by Crippen LogP contribution is -2.26. The van der Waals surface area contributed by atoms with E-state index in [9.17, 15) is 13.2 Å². The van der Waals surface area contributed by atoms with Crippen LogP contribution in [0.2, 0.25) is 0 Å². The predicted molar refractivity (Wildman–Crippen MR) is 124 cm³/mol. The molecule has 0 bridgehead atoms. The predicted octanol–water partition coefficient (Wildman–Crippen LogP) is 2.82. The van der Waals surface area contributed by atoms with Crippen LogP contribution in [0, 0.1) is 0 Å². The summed E-state index contributed by atoms with van der Waals surface area (Å²) in [5.41, 5.74) is 1.47. The van der Waals surface area contributed by atoms with Gasteiger partial charge >= 0.3 is 0 Å². The summed E-state index contributed by atoms with van der Waals surface area (Å²) in [6, 6.07) is 14.5. The number of amides is 1. The van der Waals surface area contributed by atoms with E-state index in [1.54, 1.807) is 18.2 Å². The maximum absolute atomic E-state index is 12.4. The second kappa shape index (κ2) is 10.6. The van der Waals surface area contributed by atoms with E-state index in [0.29, 0.717) is 38.1 Å². The van der Waals surface area contributed by atoms with Gasteiger partial charge in [0.15, 0.2) is 0 Å². The Labute approximate surface area is 189 Å². The van der Waals surface area contributed by atoms with Gasteiger partial charge in [-0.3, -0.25) is 4.79 Å². The van der Waals surface area contributed by atoms with E-state index in [1.165, 1.54) is 18.4 Å². The maximum Gasteiger partial charge on any atom is 0.242 e. The van der Waals surface area contributed by atoms with E-state index in [0.717, 1.165) is 23.5 Å². The van der Waals surface area contributed by atoms with Crippen LogP contribution < -0.4 is 10.1 Å². The zero-order valence-electron chi connectivity index (χ0n) is 18.7. The van der Waals surface area contributed by atoms with Gasteiger partial charge in [-0.1, -0.05) is 18.2 Å². The number of fused-ring (bicyclic) bond motifs is 1. The van der Waals surface area contributed by atoms with Crippen molar-refractivity contribution in [1.29, 1.82) is 0 Å². The number of nitrogens with one attached hydrogen (secondary N) is 1. The standard InChI is InChI=1S/C23H30N4O4S/c1-4-27-21-12-11-19(32(29,30)26(2)3)17-20(21)25-22(27)13-14-23(28)24-15-8-16-31-18-9-6-5-7-10-18/h5-7,9-12,17H,4,8,13-16H2,1-3H3,(H,24,28). The van der Waals surface area contributed by atoms with Crippen LogP contribution in [0.3, 0.4) is 0 Å². The quantitative estimate of drug-likeness (QED) is 0.446. The summed E-state index contributed by atoms with van der Waals surface area (Å²) in [4.78, 5) is 17.1. The molecule has 0 atom stereocenters. The number of para-hydroxylation sites is 1. The number of nitrogens with zero attached hydrogens (tertiary/aromatic N) is 3. The molecule has 0 radical (unpaired) electrons. The lowest BCUT2D eigenvalue weighted by Gasteiger charge is -2.11. The highest BCUT2D eigenvalue weighted by atomic mass is 32.2. The molecule has 0 saturated heterocycles. The fourth-order valence-corrected chi connectivity index (χ4v) is 4.32. The van der Waals surface area contributed by atoms with Crippen LogP contribution >= 0.6 is 0 Å². The molecule has 0 aliphatic heterocycles. The van der Waals surface area contributed by atoms with E-state index in [2.05, 4.69) is 10.3 Å². The van der Waals surface area contributed by atoms with Crippen LogP contribution in [0.4, 0.5) is 0 Å². The van der Waals surface area contributed by atoms with Gasteiger partial charge in [-0.2, -0.15) is 0 Å². The first-order valence-electron chi connectivity index (χ1n) is 10.7. The summed E-state index contributed by atoms with van der Waals surface area (Å²) in [6.45, 7) is 3.77. The largest absolute Gasteiger partial charge is 0.494 e. The van der Waals surface area contributed by atoms with Crippen LogP contribution in [0.25, 0.3) is 11.0 Å². The molecule has 0 saturated carbocycles. The summed E-state index contributed by atoms with van der Waals surface area (Å²) >= 11 is 0. The number of hydrogen-bond donors (Lipinski definition) is 1. The van der Waals surface area contributed by atoms with Crippen LogP contribution in [0.5, 0.6) is 5.75 Å². The first-order valence-corrected chi connectivity index (χ1v) is 12.1. The molecule has 0 aliphatic rings. The van der Waals surface area contributed by atoms with Crippen molar-refractivity contribution in [3.63, 3.8) is 0 Å². The number of hydrogen-bond acceptors (Lipinski definition) is 5. The molecule has 3 rings (SSSR count). The highest BCUT2D eigenvalue weighted by Gasteiger charge is 2.19. The highest BCUT2D eigenvalue weighted by molar-refractivity contribution is 7.89. The normalized spacial score (nSPS) is 11.8. The molecule has 8 nitrogen and oxygen atoms in total. The van der Waals surface area contributed by atoms with Crippen molar-refractivity contribution in [2.45, 2.75) is 37.6 Å². The molecule has 32 heavy (non-hydrogen) atoms. The van der Waals surface area contributed by atoms with E-state index in [1.807, 2.05) is 41.8 Å².